The predicted molar refractivity (Wildman–Crippen MR) is 57.0 cm³/mol. The molecule has 1 rings (SSSR count). The maximum absolute atomic E-state index is 11.6. The minimum absolute atomic E-state index is 0.0452. The molecule has 2 amide bonds. The Morgan fingerprint density at radius 1 is 1.53 bits per heavy atom. The summed E-state index contributed by atoms with van der Waals surface area (Å²) in [6, 6.07) is 0.271. The van der Waals surface area contributed by atoms with Crippen LogP contribution in [0.15, 0.2) is 0 Å². The van der Waals surface area contributed by atoms with Gasteiger partial charge in [0.15, 0.2) is 0 Å². The maximum Gasteiger partial charge on any atom is 0.241 e. The molecule has 0 aromatic carbocycles. The second-order valence-corrected chi connectivity index (χ2v) is 4.06. The summed E-state index contributed by atoms with van der Waals surface area (Å²) in [5.74, 6) is 0.288. The summed E-state index contributed by atoms with van der Waals surface area (Å²) in [6.07, 6.45) is 2.40. The lowest BCUT2D eigenvalue weighted by atomic mass is 10.2. The summed E-state index contributed by atoms with van der Waals surface area (Å²) in [6.45, 7) is 2.01. The molecule has 5 heteroatoms. The molecule has 0 radical (unpaired) electrons. The Hall–Kier alpha value is -1.10. The van der Waals surface area contributed by atoms with Gasteiger partial charge >= 0.3 is 0 Å². The number of nitrogens with two attached hydrogens (primary N) is 1. The molecular weight excluding hydrogens is 194 g/mol. The lowest BCUT2D eigenvalue weighted by molar-refractivity contribution is -0.133. The van der Waals surface area contributed by atoms with Gasteiger partial charge in [-0.1, -0.05) is 0 Å². The SMILES string of the molecule is CC(C1CC1)N(C)C(=O)CNC(=O)CN. The fourth-order valence-corrected chi connectivity index (χ4v) is 1.49. The summed E-state index contributed by atoms with van der Waals surface area (Å²) >= 11 is 0. The fourth-order valence-electron chi connectivity index (χ4n) is 1.49. The zero-order chi connectivity index (χ0) is 11.4. The van der Waals surface area contributed by atoms with Crippen molar-refractivity contribution in [2.75, 3.05) is 20.1 Å². The highest BCUT2D eigenvalue weighted by molar-refractivity contribution is 5.85. The van der Waals surface area contributed by atoms with Gasteiger partial charge in [-0.25, -0.2) is 0 Å². The van der Waals surface area contributed by atoms with Crippen LogP contribution < -0.4 is 11.1 Å². The number of carbonyl (C=O) groups excluding carboxylic acids is 2. The van der Waals surface area contributed by atoms with Crippen LogP contribution in [-0.4, -0.2) is 42.9 Å². The van der Waals surface area contributed by atoms with E-state index in [-0.39, 0.29) is 30.9 Å². The third kappa shape index (κ3) is 3.51. The van der Waals surface area contributed by atoms with E-state index in [9.17, 15) is 9.59 Å². The molecule has 1 aliphatic carbocycles. The molecule has 0 aliphatic heterocycles. The zero-order valence-corrected chi connectivity index (χ0v) is 9.32. The van der Waals surface area contributed by atoms with Crippen LogP contribution in [-0.2, 0) is 9.59 Å². The monoisotopic (exact) mass is 213 g/mol. The third-order valence-electron chi connectivity index (χ3n) is 2.93. The van der Waals surface area contributed by atoms with Crippen molar-refractivity contribution in [2.45, 2.75) is 25.8 Å². The van der Waals surface area contributed by atoms with Gasteiger partial charge in [-0.15, -0.1) is 0 Å². The molecule has 0 heterocycles. The van der Waals surface area contributed by atoms with E-state index in [4.69, 9.17) is 5.73 Å². The van der Waals surface area contributed by atoms with Crippen LogP contribution in [0, 0.1) is 5.92 Å². The molecule has 1 aliphatic rings. The Labute approximate surface area is 90.0 Å². The molecule has 15 heavy (non-hydrogen) atoms. The lowest BCUT2D eigenvalue weighted by Gasteiger charge is -2.24. The molecule has 0 aromatic rings. The Kier molecular flexibility index (Phi) is 4.08. The molecule has 0 saturated heterocycles. The molecule has 86 valence electrons. The first kappa shape index (κ1) is 12.0. The third-order valence-corrected chi connectivity index (χ3v) is 2.93. The van der Waals surface area contributed by atoms with E-state index in [0.29, 0.717) is 5.92 Å². The van der Waals surface area contributed by atoms with Crippen molar-refractivity contribution in [2.24, 2.45) is 11.7 Å². The highest BCUT2D eigenvalue weighted by Crippen LogP contribution is 2.34. The number of nitrogens with one attached hydrogen (secondary N) is 1. The summed E-state index contributed by atoms with van der Waals surface area (Å²) in [5, 5.41) is 2.47. The fraction of sp³-hybridized carbons (Fsp3) is 0.800. The largest absolute Gasteiger partial charge is 0.346 e. The Bertz CT molecular complexity index is 251. The normalized spacial score (nSPS) is 17.0. The molecule has 1 unspecified atom stereocenters. The van der Waals surface area contributed by atoms with Gasteiger partial charge < -0.3 is 16.0 Å². The minimum Gasteiger partial charge on any atom is -0.346 e. The zero-order valence-electron chi connectivity index (χ0n) is 9.32. The van der Waals surface area contributed by atoms with Gasteiger partial charge in [0, 0.05) is 13.1 Å². The summed E-state index contributed by atoms with van der Waals surface area (Å²) in [5.41, 5.74) is 5.12. The second-order valence-electron chi connectivity index (χ2n) is 4.06. The molecule has 0 bridgehead atoms. The number of carbonyl (C=O) groups is 2. The molecule has 1 atom stereocenters. The van der Waals surface area contributed by atoms with Crippen molar-refractivity contribution >= 4 is 11.8 Å². The predicted octanol–water partition coefficient (Wildman–Crippen LogP) is -0.682. The highest BCUT2D eigenvalue weighted by Gasteiger charge is 2.32. The van der Waals surface area contributed by atoms with Crippen LogP contribution >= 0.6 is 0 Å². The van der Waals surface area contributed by atoms with E-state index in [1.807, 2.05) is 6.92 Å². The van der Waals surface area contributed by atoms with Gasteiger partial charge in [-0.2, -0.15) is 0 Å². The van der Waals surface area contributed by atoms with Crippen molar-refractivity contribution in [3.8, 4) is 0 Å². The number of hydrogen-bond donors (Lipinski definition) is 2. The standard InChI is InChI=1S/C10H19N3O2/c1-7(8-3-4-8)13(2)10(15)6-12-9(14)5-11/h7-8H,3-6,11H2,1-2H3,(H,12,14). The van der Waals surface area contributed by atoms with Gasteiger partial charge in [-0.3, -0.25) is 9.59 Å². The molecule has 0 aromatic heterocycles. The van der Waals surface area contributed by atoms with Crippen LogP contribution in [0.1, 0.15) is 19.8 Å². The first-order valence-electron chi connectivity index (χ1n) is 5.28. The van der Waals surface area contributed by atoms with Crippen LogP contribution in [0.4, 0.5) is 0 Å². The number of hydrogen-bond acceptors (Lipinski definition) is 3. The van der Waals surface area contributed by atoms with Gasteiger partial charge in [-0.05, 0) is 25.7 Å². The van der Waals surface area contributed by atoms with Crippen LogP contribution in [0.2, 0.25) is 0 Å². The maximum atomic E-state index is 11.6. The van der Waals surface area contributed by atoms with E-state index in [1.54, 1.807) is 11.9 Å². The van der Waals surface area contributed by atoms with E-state index in [1.165, 1.54) is 12.8 Å². The van der Waals surface area contributed by atoms with Crippen molar-refractivity contribution < 1.29 is 9.59 Å². The Morgan fingerprint density at radius 2 is 2.13 bits per heavy atom. The Morgan fingerprint density at radius 3 is 2.60 bits per heavy atom. The lowest BCUT2D eigenvalue weighted by Crippen LogP contribution is -2.44. The first-order chi connectivity index (χ1) is 7.06. The number of nitrogens with zero attached hydrogens (tertiary/aromatic N) is 1. The van der Waals surface area contributed by atoms with Crippen molar-refractivity contribution in [1.82, 2.24) is 10.2 Å². The van der Waals surface area contributed by atoms with E-state index in [2.05, 4.69) is 5.32 Å². The molecule has 0 spiro atoms. The van der Waals surface area contributed by atoms with E-state index in [0.717, 1.165) is 0 Å². The summed E-state index contributed by atoms with van der Waals surface area (Å²) < 4.78 is 0. The summed E-state index contributed by atoms with van der Waals surface area (Å²) in [4.78, 5) is 24.2. The Balaban J connectivity index is 2.28. The number of rotatable bonds is 5. The van der Waals surface area contributed by atoms with Crippen LogP contribution in [0.25, 0.3) is 0 Å². The minimum atomic E-state index is -0.296. The topological polar surface area (TPSA) is 75.4 Å². The van der Waals surface area contributed by atoms with Crippen LogP contribution in [0.5, 0.6) is 0 Å². The van der Waals surface area contributed by atoms with E-state index >= 15 is 0 Å². The van der Waals surface area contributed by atoms with Crippen molar-refractivity contribution in [1.29, 1.82) is 0 Å². The van der Waals surface area contributed by atoms with Gasteiger partial charge in [0.05, 0.1) is 13.1 Å². The van der Waals surface area contributed by atoms with E-state index < -0.39 is 0 Å². The average molecular weight is 213 g/mol. The quantitative estimate of drug-likeness (QED) is 0.635. The molecule has 5 nitrogen and oxygen atoms in total. The number of amides is 2. The smallest absolute Gasteiger partial charge is 0.241 e. The van der Waals surface area contributed by atoms with Gasteiger partial charge in [0.2, 0.25) is 11.8 Å². The molecule has 3 N–H and O–H groups in total. The molecule has 1 saturated carbocycles. The van der Waals surface area contributed by atoms with Gasteiger partial charge in [0.1, 0.15) is 0 Å². The molecule has 1 fully saturated rings. The first-order valence-corrected chi connectivity index (χ1v) is 5.28. The molecular formula is C10H19N3O2. The van der Waals surface area contributed by atoms with Crippen molar-refractivity contribution in [3.05, 3.63) is 0 Å². The van der Waals surface area contributed by atoms with Gasteiger partial charge in [0.25, 0.3) is 0 Å². The summed E-state index contributed by atoms with van der Waals surface area (Å²) in [7, 11) is 1.78. The highest BCUT2D eigenvalue weighted by atomic mass is 16.2. The average Bonchev–Trinajstić information content (AvgIpc) is 3.06. The second kappa shape index (κ2) is 5.11. The van der Waals surface area contributed by atoms with Crippen LogP contribution in [0.3, 0.4) is 0 Å². The number of likely N-dealkylation sites (N-methyl/N-ethyl adjacent to an activating group) is 1. The van der Waals surface area contributed by atoms with Crippen molar-refractivity contribution in [3.63, 3.8) is 0 Å².